The Labute approximate surface area is 69.8 Å². The second-order valence-corrected chi connectivity index (χ2v) is 2.04. The number of aromatic nitrogens is 2. The van der Waals surface area contributed by atoms with E-state index in [1.165, 1.54) is 0 Å². The van der Waals surface area contributed by atoms with Gasteiger partial charge in [0.25, 0.3) is 0 Å². The quantitative estimate of drug-likeness (QED) is 0.627. The molecule has 0 bridgehead atoms. The molecule has 1 aromatic rings. The monoisotopic (exact) mass is 167 g/mol. The third-order valence-electron chi connectivity index (χ3n) is 1.26. The van der Waals surface area contributed by atoms with Gasteiger partial charge >= 0.3 is 0 Å². The number of ether oxygens (including phenoxy) is 1. The molecule has 64 valence electrons. The molecule has 12 heavy (non-hydrogen) atoms. The van der Waals surface area contributed by atoms with E-state index in [9.17, 15) is 4.79 Å². The Kier molecular flexibility index (Phi) is 3.01. The maximum Gasteiger partial charge on any atom is 0.207 e. The minimum Gasteiger partial charge on any atom is -0.494 e. The lowest BCUT2D eigenvalue weighted by atomic mass is 10.5. The highest BCUT2D eigenvalue weighted by Crippen LogP contribution is 2.03. The molecule has 1 aromatic heterocycles. The maximum absolute atomic E-state index is 9.91. The van der Waals surface area contributed by atoms with Crippen molar-refractivity contribution < 1.29 is 9.53 Å². The molecule has 0 saturated heterocycles. The molecule has 0 aliphatic heterocycles. The van der Waals surface area contributed by atoms with Gasteiger partial charge in [-0.15, -0.1) is 0 Å². The summed E-state index contributed by atoms with van der Waals surface area (Å²) in [5, 5.41) is 2.46. The Bertz CT molecular complexity index is 247. The minimum atomic E-state index is 0.341. The van der Waals surface area contributed by atoms with Crippen molar-refractivity contribution in [1.82, 2.24) is 15.3 Å². The largest absolute Gasteiger partial charge is 0.494 e. The summed E-state index contributed by atoms with van der Waals surface area (Å²) >= 11 is 0. The highest BCUT2D eigenvalue weighted by Gasteiger charge is 1.95. The van der Waals surface area contributed by atoms with Crippen molar-refractivity contribution in [2.24, 2.45) is 0 Å². The second-order valence-electron chi connectivity index (χ2n) is 2.04. The molecule has 5 heteroatoms. The fourth-order valence-electron chi connectivity index (χ4n) is 0.673. The van der Waals surface area contributed by atoms with Crippen molar-refractivity contribution in [3.8, 4) is 5.75 Å². The van der Waals surface area contributed by atoms with Crippen molar-refractivity contribution >= 4 is 6.41 Å². The van der Waals surface area contributed by atoms with E-state index in [1.807, 2.05) is 0 Å². The lowest BCUT2D eigenvalue weighted by molar-refractivity contribution is -0.109. The van der Waals surface area contributed by atoms with Gasteiger partial charge in [0.1, 0.15) is 5.82 Å². The fourth-order valence-corrected chi connectivity index (χ4v) is 0.673. The van der Waals surface area contributed by atoms with E-state index in [1.54, 1.807) is 19.5 Å². The van der Waals surface area contributed by atoms with Crippen molar-refractivity contribution in [3.05, 3.63) is 18.2 Å². The van der Waals surface area contributed by atoms with Gasteiger partial charge in [0.05, 0.1) is 26.0 Å². The van der Waals surface area contributed by atoms with Crippen LogP contribution in [0.15, 0.2) is 12.4 Å². The zero-order valence-corrected chi connectivity index (χ0v) is 6.65. The molecule has 0 saturated carbocycles. The molecule has 0 aromatic carbocycles. The van der Waals surface area contributed by atoms with Crippen LogP contribution in [-0.2, 0) is 11.3 Å². The second kappa shape index (κ2) is 4.27. The number of nitrogens with one attached hydrogen (secondary N) is 1. The summed E-state index contributed by atoms with van der Waals surface area (Å²) in [6.45, 7) is 0.341. The molecular formula is C7H9N3O2. The Balaban J connectivity index is 2.58. The Morgan fingerprint density at radius 3 is 2.75 bits per heavy atom. The molecule has 1 rings (SSSR count). The van der Waals surface area contributed by atoms with Crippen molar-refractivity contribution in [1.29, 1.82) is 0 Å². The SMILES string of the molecule is COc1cnc(CNC=O)nc1. The van der Waals surface area contributed by atoms with Crippen LogP contribution in [-0.4, -0.2) is 23.5 Å². The number of nitrogens with zero attached hydrogens (tertiary/aromatic N) is 2. The molecule has 1 amide bonds. The van der Waals surface area contributed by atoms with Crippen LogP contribution in [0.4, 0.5) is 0 Å². The number of amides is 1. The first-order valence-electron chi connectivity index (χ1n) is 3.38. The van der Waals surface area contributed by atoms with E-state index < -0.39 is 0 Å². The van der Waals surface area contributed by atoms with Gasteiger partial charge in [0.2, 0.25) is 6.41 Å². The van der Waals surface area contributed by atoms with E-state index in [4.69, 9.17) is 4.74 Å². The van der Waals surface area contributed by atoms with Gasteiger partial charge < -0.3 is 10.1 Å². The van der Waals surface area contributed by atoms with Gasteiger partial charge in [-0.25, -0.2) is 9.97 Å². The number of carbonyl (C=O) groups excluding carboxylic acids is 1. The molecule has 0 spiro atoms. The highest BCUT2D eigenvalue weighted by atomic mass is 16.5. The normalized spacial score (nSPS) is 9.08. The van der Waals surface area contributed by atoms with Crippen LogP contribution < -0.4 is 10.1 Å². The average Bonchev–Trinajstić information content (AvgIpc) is 2.15. The summed E-state index contributed by atoms with van der Waals surface area (Å²) in [4.78, 5) is 17.8. The topological polar surface area (TPSA) is 64.1 Å². The van der Waals surface area contributed by atoms with Crippen molar-refractivity contribution in [2.75, 3.05) is 7.11 Å². The highest BCUT2D eigenvalue weighted by molar-refractivity contribution is 5.45. The third-order valence-corrected chi connectivity index (χ3v) is 1.26. The molecule has 5 nitrogen and oxygen atoms in total. The summed E-state index contributed by atoms with van der Waals surface area (Å²) in [6, 6.07) is 0. The Morgan fingerprint density at radius 2 is 2.25 bits per heavy atom. The Morgan fingerprint density at radius 1 is 1.58 bits per heavy atom. The molecule has 0 aliphatic rings. The number of carbonyl (C=O) groups is 1. The lowest BCUT2D eigenvalue weighted by Crippen LogP contribution is -2.12. The first-order chi connectivity index (χ1) is 5.86. The van der Waals surface area contributed by atoms with Crippen LogP contribution >= 0.6 is 0 Å². The van der Waals surface area contributed by atoms with Gasteiger partial charge in [-0.2, -0.15) is 0 Å². The predicted molar refractivity (Wildman–Crippen MR) is 41.5 cm³/mol. The Hall–Kier alpha value is -1.65. The van der Waals surface area contributed by atoms with Crippen LogP contribution in [0.5, 0.6) is 5.75 Å². The first-order valence-corrected chi connectivity index (χ1v) is 3.38. The van der Waals surface area contributed by atoms with E-state index in [0.717, 1.165) is 0 Å². The van der Waals surface area contributed by atoms with Crippen LogP contribution in [0, 0.1) is 0 Å². The number of methoxy groups -OCH3 is 1. The number of hydrogen-bond donors (Lipinski definition) is 1. The summed E-state index contributed by atoms with van der Waals surface area (Å²) in [6.07, 6.45) is 3.71. The van der Waals surface area contributed by atoms with Crippen LogP contribution in [0.3, 0.4) is 0 Å². The summed E-state index contributed by atoms with van der Waals surface area (Å²) in [7, 11) is 1.54. The zero-order valence-electron chi connectivity index (χ0n) is 6.65. The average molecular weight is 167 g/mol. The molecule has 0 unspecified atom stereocenters. The molecule has 0 aliphatic carbocycles. The smallest absolute Gasteiger partial charge is 0.207 e. The van der Waals surface area contributed by atoms with Gasteiger partial charge in [-0.3, -0.25) is 4.79 Å². The van der Waals surface area contributed by atoms with E-state index in [0.29, 0.717) is 24.5 Å². The number of hydrogen-bond acceptors (Lipinski definition) is 4. The summed E-state index contributed by atoms with van der Waals surface area (Å²) < 4.78 is 4.86. The predicted octanol–water partition coefficient (Wildman–Crippen LogP) is -0.269. The van der Waals surface area contributed by atoms with Crippen molar-refractivity contribution in [2.45, 2.75) is 6.54 Å². The van der Waals surface area contributed by atoms with Crippen LogP contribution in [0.1, 0.15) is 5.82 Å². The van der Waals surface area contributed by atoms with E-state index in [2.05, 4.69) is 15.3 Å². The molecule has 1 N–H and O–H groups in total. The molecule has 0 radical (unpaired) electrons. The standard InChI is InChI=1S/C7H9N3O2/c1-12-6-2-9-7(10-3-6)4-8-5-11/h2-3,5H,4H2,1H3,(H,8,11). The van der Waals surface area contributed by atoms with Gasteiger partial charge in [0, 0.05) is 0 Å². The van der Waals surface area contributed by atoms with Crippen molar-refractivity contribution in [3.63, 3.8) is 0 Å². The molecule has 1 heterocycles. The van der Waals surface area contributed by atoms with E-state index >= 15 is 0 Å². The molecule has 0 atom stereocenters. The van der Waals surface area contributed by atoms with Gasteiger partial charge in [0.15, 0.2) is 5.75 Å². The third kappa shape index (κ3) is 2.19. The fraction of sp³-hybridized carbons (Fsp3) is 0.286. The number of rotatable bonds is 4. The summed E-state index contributed by atoms with van der Waals surface area (Å²) in [5.74, 6) is 1.16. The van der Waals surface area contributed by atoms with E-state index in [-0.39, 0.29) is 0 Å². The first kappa shape index (κ1) is 8.45. The zero-order chi connectivity index (χ0) is 8.81. The molecule has 0 fully saturated rings. The van der Waals surface area contributed by atoms with Gasteiger partial charge in [-0.1, -0.05) is 0 Å². The summed E-state index contributed by atoms with van der Waals surface area (Å²) in [5.41, 5.74) is 0. The minimum absolute atomic E-state index is 0.341. The molecular weight excluding hydrogens is 158 g/mol. The van der Waals surface area contributed by atoms with Crippen LogP contribution in [0.25, 0.3) is 0 Å². The lowest BCUT2D eigenvalue weighted by Gasteiger charge is -1.99. The van der Waals surface area contributed by atoms with Gasteiger partial charge in [-0.05, 0) is 0 Å². The maximum atomic E-state index is 9.91. The van der Waals surface area contributed by atoms with Crippen LogP contribution in [0.2, 0.25) is 0 Å².